The van der Waals surface area contributed by atoms with Crippen LogP contribution in [-0.2, 0) is 31.0 Å². The number of hydrogen-bond donors (Lipinski definition) is 2. The number of hydrogen-bond acceptors (Lipinski definition) is 7. The van der Waals surface area contributed by atoms with Gasteiger partial charge in [0.2, 0.25) is 15.6 Å². The van der Waals surface area contributed by atoms with Crippen LogP contribution in [0.1, 0.15) is 52.5 Å². The zero-order valence-electron chi connectivity index (χ0n) is 24.7. The summed E-state index contributed by atoms with van der Waals surface area (Å²) >= 11 is 0. The van der Waals surface area contributed by atoms with Crippen LogP contribution >= 0.6 is 0 Å². The Morgan fingerprint density at radius 1 is 0.978 bits per heavy atom. The van der Waals surface area contributed by atoms with E-state index in [9.17, 15) is 52.4 Å². The highest BCUT2D eigenvalue weighted by molar-refractivity contribution is 7.92. The summed E-state index contributed by atoms with van der Waals surface area (Å²) in [6.07, 6.45) is -12.0. The number of halogens is 7. The van der Waals surface area contributed by atoms with Crippen molar-refractivity contribution in [3.8, 4) is 5.75 Å². The molecule has 1 atom stereocenters. The maximum absolute atomic E-state index is 14.0. The summed E-state index contributed by atoms with van der Waals surface area (Å²) in [6.45, 7) is 3.68. The molecule has 0 bridgehead atoms. The third-order valence-electron chi connectivity index (χ3n) is 7.12. The first-order valence-corrected chi connectivity index (χ1v) is 16.6. The normalized spacial score (nSPS) is 18.1. The van der Waals surface area contributed by atoms with Crippen molar-refractivity contribution in [2.75, 3.05) is 16.2 Å². The lowest BCUT2D eigenvalue weighted by molar-refractivity contribution is -0.242. The number of fused-ring (bicyclic) bond motifs is 1. The van der Waals surface area contributed by atoms with Crippen molar-refractivity contribution in [1.29, 1.82) is 0 Å². The van der Waals surface area contributed by atoms with Crippen molar-refractivity contribution < 1.29 is 61.8 Å². The van der Waals surface area contributed by atoms with Crippen molar-refractivity contribution in [2.45, 2.75) is 86.7 Å². The second-order valence-corrected chi connectivity index (χ2v) is 15.9. The predicted molar refractivity (Wildman–Crippen MR) is 151 cm³/mol. The highest BCUT2D eigenvalue weighted by Gasteiger charge is 2.51. The Morgan fingerprint density at radius 2 is 1.61 bits per heavy atom. The number of anilines is 2. The molecule has 19 heteroatoms. The largest absolute Gasteiger partial charge is 0.486 e. The van der Waals surface area contributed by atoms with Crippen LogP contribution in [0.15, 0.2) is 41.3 Å². The quantitative estimate of drug-likeness (QED) is 0.309. The predicted octanol–water partition coefficient (Wildman–Crippen LogP) is 5.94. The zero-order chi connectivity index (χ0) is 34.7. The minimum atomic E-state index is -5.24. The molecule has 4 rings (SSSR count). The first-order valence-electron chi connectivity index (χ1n) is 13.6. The number of nitrogens with zero attached hydrogens (tertiary/aromatic N) is 1. The number of benzene rings is 2. The fraction of sp³-hybridized carbons (Fsp3) is 0.519. The SMILES string of the molecule is CC(C)(C[C@H]1CN(S(=O)(=O)c2ccc(F)c(C(F)(F)F)c2)c2cc(NC(=O)OC(C)(C)C(F)(F)F)ccc2O1)NS(=O)(=O)C1CC1. The van der Waals surface area contributed by atoms with Crippen molar-refractivity contribution >= 4 is 37.5 Å². The van der Waals surface area contributed by atoms with Gasteiger partial charge in [-0.2, -0.15) is 26.3 Å². The van der Waals surface area contributed by atoms with E-state index in [0.29, 0.717) is 43.1 Å². The number of nitrogens with one attached hydrogen (secondary N) is 2. The molecule has 0 saturated heterocycles. The summed E-state index contributed by atoms with van der Waals surface area (Å²) in [7, 11) is -8.65. The van der Waals surface area contributed by atoms with E-state index in [1.165, 1.54) is 13.8 Å². The van der Waals surface area contributed by atoms with Crippen molar-refractivity contribution in [3.63, 3.8) is 0 Å². The van der Waals surface area contributed by atoms with Crippen LogP contribution in [0.2, 0.25) is 0 Å². The minimum absolute atomic E-state index is 0.112. The Labute approximate surface area is 260 Å². The van der Waals surface area contributed by atoms with Crippen LogP contribution in [0.25, 0.3) is 0 Å². The monoisotopic (exact) mass is 705 g/mol. The van der Waals surface area contributed by atoms with E-state index in [1.54, 1.807) is 0 Å². The molecule has 0 aromatic heterocycles. The molecule has 1 aliphatic carbocycles. The van der Waals surface area contributed by atoms with Crippen LogP contribution in [0.5, 0.6) is 5.75 Å². The van der Waals surface area contributed by atoms with Gasteiger partial charge in [0.25, 0.3) is 10.0 Å². The van der Waals surface area contributed by atoms with Gasteiger partial charge in [0.05, 0.1) is 27.9 Å². The fourth-order valence-corrected chi connectivity index (χ4v) is 7.93. The Kier molecular flexibility index (Phi) is 9.06. The summed E-state index contributed by atoms with van der Waals surface area (Å²) in [6, 6.07) is 4.36. The lowest BCUT2D eigenvalue weighted by Crippen LogP contribution is -2.51. The number of carbonyl (C=O) groups excluding carboxylic acids is 1. The molecule has 0 radical (unpaired) electrons. The molecule has 2 aromatic rings. The second kappa shape index (κ2) is 11.7. The average molecular weight is 706 g/mol. The van der Waals surface area contributed by atoms with Crippen LogP contribution in [-0.4, -0.2) is 58.1 Å². The van der Waals surface area contributed by atoms with Crippen molar-refractivity contribution in [3.05, 3.63) is 47.8 Å². The van der Waals surface area contributed by atoms with E-state index in [-0.39, 0.29) is 29.6 Å². The first kappa shape index (κ1) is 35.5. The Bertz CT molecular complexity index is 1720. The molecule has 1 heterocycles. The highest BCUT2D eigenvalue weighted by Crippen LogP contribution is 2.42. The molecular weight excluding hydrogens is 675 g/mol. The van der Waals surface area contributed by atoms with E-state index in [2.05, 4.69) is 9.46 Å². The number of rotatable bonds is 9. The number of alkyl halides is 6. The molecule has 1 amide bonds. The van der Waals surface area contributed by atoms with Gasteiger partial charge in [-0.25, -0.2) is 30.7 Å². The molecule has 256 valence electrons. The van der Waals surface area contributed by atoms with Crippen molar-refractivity contribution in [1.82, 2.24) is 4.72 Å². The molecule has 1 saturated carbocycles. The van der Waals surface area contributed by atoms with E-state index in [4.69, 9.17) is 4.74 Å². The second-order valence-electron chi connectivity index (χ2n) is 12.1. The molecule has 1 aliphatic heterocycles. The summed E-state index contributed by atoms with van der Waals surface area (Å²) in [5, 5.41) is 1.47. The summed E-state index contributed by atoms with van der Waals surface area (Å²) in [4.78, 5) is 11.3. The van der Waals surface area contributed by atoms with Gasteiger partial charge >= 0.3 is 18.4 Å². The maximum atomic E-state index is 14.0. The lowest BCUT2D eigenvalue weighted by Gasteiger charge is -2.39. The van der Waals surface area contributed by atoms with Gasteiger partial charge in [-0.15, -0.1) is 0 Å². The first-order chi connectivity index (χ1) is 20.8. The number of carbonyl (C=O) groups is 1. The zero-order valence-corrected chi connectivity index (χ0v) is 26.3. The van der Waals surface area contributed by atoms with Crippen LogP contribution < -0.4 is 19.1 Å². The summed E-state index contributed by atoms with van der Waals surface area (Å²) in [5.74, 6) is -1.89. The van der Waals surface area contributed by atoms with E-state index in [1.807, 2.05) is 5.32 Å². The van der Waals surface area contributed by atoms with E-state index < -0.39 is 83.8 Å². The van der Waals surface area contributed by atoms with Gasteiger partial charge in [0.15, 0.2) is 0 Å². The molecule has 2 N–H and O–H groups in total. The molecule has 1 fully saturated rings. The van der Waals surface area contributed by atoms with Gasteiger partial charge in [-0.3, -0.25) is 9.62 Å². The molecule has 0 spiro atoms. The maximum Gasteiger partial charge on any atom is 0.427 e. The van der Waals surface area contributed by atoms with Crippen LogP contribution in [0, 0.1) is 5.82 Å². The van der Waals surface area contributed by atoms with Crippen LogP contribution in [0.4, 0.5) is 46.9 Å². The number of sulfonamides is 2. The molecule has 2 aliphatic rings. The Balaban J connectivity index is 1.72. The van der Waals surface area contributed by atoms with Crippen LogP contribution in [0.3, 0.4) is 0 Å². The smallest absolute Gasteiger partial charge is 0.427 e. The van der Waals surface area contributed by atoms with Crippen molar-refractivity contribution in [2.24, 2.45) is 0 Å². The standard InChI is InChI=1S/C27H30F7N3O7S2/c1-24(2,36-45(39,40)17-6-7-17)13-16-14-37(46(41,42)18-8-9-20(28)19(12-18)26(29,30)31)21-11-15(5-10-22(21)43-16)35-23(38)44-25(3,4)27(32,33)34/h5,8-12,16-17,36H,6-7,13-14H2,1-4H3,(H,35,38)/t16-/m0/s1. The number of amides is 1. The average Bonchev–Trinajstić information content (AvgIpc) is 3.72. The Hall–Kier alpha value is -3.32. The molecule has 10 nitrogen and oxygen atoms in total. The van der Waals surface area contributed by atoms with Gasteiger partial charge in [0.1, 0.15) is 17.7 Å². The van der Waals surface area contributed by atoms with Gasteiger partial charge < -0.3 is 9.47 Å². The molecular formula is C27H30F7N3O7S2. The van der Waals surface area contributed by atoms with E-state index >= 15 is 0 Å². The highest BCUT2D eigenvalue weighted by atomic mass is 32.2. The molecule has 2 aromatic carbocycles. The Morgan fingerprint density at radius 3 is 2.17 bits per heavy atom. The lowest BCUT2D eigenvalue weighted by atomic mass is 9.97. The van der Waals surface area contributed by atoms with E-state index in [0.717, 1.165) is 18.2 Å². The summed E-state index contributed by atoms with van der Waals surface area (Å²) in [5.41, 5.74) is -6.53. The molecule has 46 heavy (non-hydrogen) atoms. The van der Waals surface area contributed by atoms with Gasteiger partial charge in [-0.1, -0.05) is 0 Å². The van der Waals surface area contributed by atoms with Gasteiger partial charge in [-0.05, 0) is 76.9 Å². The third kappa shape index (κ3) is 7.79. The van der Waals surface area contributed by atoms with Gasteiger partial charge in [0, 0.05) is 17.6 Å². The fourth-order valence-electron chi connectivity index (χ4n) is 4.62. The molecule has 0 unspecified atom stereocenters. The topological polar surface area (TPSA) is 131 Å². The minimum Gasteiger partial charge on any atom is -0.486 e. The third-order valence-corrected chi connectivity index (χ3v) is 11.1. The summed E-state index contributed by atoms with van der Waals surface area (Å²) < 4.78 is 160. The number of ether oxygens (including phenoxy) is 2.